The number of aryl methyl sites for hydroxylation is 1. The number of hydrogen-bond acceptors (Lipinski definition) is 9. The number of phenols is 1. The van der Waals surface area contributed by atoms with Crippen molar-refractivity contribution in [1.82, 2.24) is 0 Å². The fraction of sp³-hybridized carbons (Fsp3) is 0.579. The molecule has 0 bridgehead atoms. The average Bonchev–Trinajstić information content (AvgIpc) is 3.43. The first kappa shape index (κ1) is 34.6. The van der Waals surface area contributed by atoms with Crippen LogP contribution >= 0.6 is 0 Å². The zero-order valence-electron chi connectivity index (χ0n) is 28.6. The third kappa shape index (κ3) is 4.99. The summed E-state index contributed by atoms with van der Waals surface area (Å²) in [4.78, 5) is 81.6. The van der Waals surface area contributed by atoms with Gasteiger partial charge in [-0.15, -0.1) is 0 Å². The third-order valence-electron chi connectivity index (χ3n) is 11.3. The Morgan fingerprint density at radius 2 is 1.70 bits per heavy atom. The Labute approximate surface area is 275 Å². The molecule has 252 valence electrons. The molecule has 2 saturated carbocycles. The number of allylic oxidation sites excluding steroid dienone is 2. The number of fused-ring (bicyclic) bond motifs is 3. The lowest BCUT2D eigenvalue weighted by Crippen LogP contribution is -2.76. The number of esters is 1. The van der Waals surface area contributed by atoms with Gasteiger partial charge in [-0.1, -0.05) is 59.3 Å². The maximum absolute atomic E-state index is 14.6. The monoisotopic (exact) mass is 646 g/mol. The SMILES string of the molecule is CCOC(=O)C1=CCC(CCc2cc(C(C)C)c3c(c2O)C(=O)C2C(=O)[C@@]4(O)C(=O)C(C(C)=O)C(=O)C(C(C)C)[C@@]4(C)C[C@@]2(C)C3)=C1. The summed E-state index contributed by atoms with van der Waals surface area (Å²) in [6.07, 6.45) is 5.29. The zero-order chi connectivity index (χ0) is 35.0. The van der Waals surface area contributed by atoms with Crippen molar-refractivity contribution >= 4 is 34.9 Å². The van der Waals surface area contributed by atoms with E-state index in [-0.39, 0.29) is 42.6 Å². The van der Waals surface area contributed by atoms with Gasteiger partial charge in [0.05, 0.1) is 23.7 Å². The molecule has 0 heterocycles. The molecule has 0 aromatic heterocycles. The zero-order valence-corrected chi connectivity index (χ0v) is 28.6. The first-order valence-corrected chi connectivity index (χ1v) is 16.7. The molecule has 4 aliphatic carbocycles. The normalized spacial score (nSPS) is 31.8. The number of phenolic OH excluding ortho intramolecular Hbond substituents is 1. The quantitative estimate of drug-likeness (QED) is 0.295. The Morgan fingerprint density at radius 3 is 2.28 bits per heavy atom. The standard InChI is InChI=1S/C38H46O9/c1-9-47-35(45)23-13-11-21(14-23)10-12-22-15-24(18(2)3)25-16-36(7)17-37(8)28(19(4)5)31(41)26(20(6)39)33(43)38(37,46)34(44)29(36)32(42)27(25)30(22)40/h13-15,18-19,26,28-29,40,46H,9-12,16-17H2,1-8H3/t26?,28?,29?,36-,37-,38+/m1/s1. The highest BCUT2D eigenvalue weighted by atomic mass is 16.5. The molecule has 1 aromatic rings. The number of hydrogen-bond donors (Lipinski definition) is 2. The van der Waals surface area contributed by atoms with Crippen LogP contribution in [0, 0.1) is 34.5 Å². The van der Waals surface area contributed by atoms with Crippen LogP contribution in [0.2, 0.25) is 0 Å². The van der Waals surface area contributed by atoms with Crippen molar-refractivity contribution in [2.24, 2.45) is 34.5 Å². The van der Waals surface area contributed by atoms with Crippen LogP contribution < -0.4 is 0 Å². The van der Waals surface area contributed by atoms with Crippen molar-refractivity contribution in [3.63, 3.8) is 0 Å². The highest BCUT2D eigenvalue weighted by Gasteiger charge is 2.76. The predicted molar refractivity (Wildman–Crippen MR) is 173 cm³/mol. The van der Waals surface area contributed by atoms with Gasteiger partial charge in [0, 0.05) is 11.3 Å². The Balaban J connectivity index is 1.59. The van der Waals surface area contributed by atoms with E-state index in [1.807, 2.05) is 19.9 Å². The highest BCUT2D eigenvalue weighted by molar-refractivity contribution is 6.32. The molecule has 0 spiro atoms. The summed E-state index contributed by atoms with van der Waals surface area (Å²) < 4.78 is 5.10. The molecule has 9 heteroatoms. The van der Waals surface area contributed by atoms with Crippen LogP contribution in [0.5, 0.6) is 5.75 Å². The molecule has 0 saturated heterocycles. The summed E-state index contributed by atoms with van der Waals surface area (Å²) >= 11 is 0. The molecule has 4 aliphatic rings. The van der Waals surface area contributed by atoms with E-state index in [0.29, 0.717) is 36.0 Å². The number of ether oxygens (including phenoxy) is 1. The number of ketones is 5. The molecule has 5 rings (SSSR count). The molecule has 2 fully saturated rings. The topological polar surface area (TPSA) is 152 Å². The average molecular weight is 647 g/mol. The fourth-order valence-electron chi connectivity index (χ4n) is 9.40. The molecular weight excluding hydrogens is 600 g/mol. The molecule has 0 aliphatic heterocycles. The van der Waals surface area contributed by atoms with Gasteiger partial charge in [0.15, 0.2) is 28.7 Å². The van der Waals surface area contributed by atoms with Gasteiger partial charge in [0.2, 0.25) is 0 Å². The Kier molecular flexibility index (Phi) is 8.66. The fourth-order valence-corrected chi connectivity index (χ4v) is 9.40. The summed E-state index contributed by atoms with van der Waals surface area (Å²) in [5, 5.41) is 23.9. The maximum atomic E-state index is 14.6. The lowest BCUT2D eigenvalue weighted by atomic mass is 9.39. The lowest BCUT2D eigenvalue weighted by molar-refractivity contribution is -0.205. The van der Waals surface area contributed by atoms with E-state index in [4.69, 9.17) is 4.74 Å². The van der Waals surface area contributed by atoms with E-state index in [0.717, 1.165) is 18.1 Å². The second-order valence-corrected chi connectivity index (χ2v) is 15.2. The van der Waals surface area contributed by atoms with Crippen molar-refractivity contribution < 1.29 is 43.7 Å². The van der Waals surface area contributed by atoms with Crippen molar-refractivity contribution in [3.8, 4) is 5.75 Å². The molecule has 2 N–H and O–H groups in total. The van der Waals surface area contributed by atoms with E-state index in [9.17, 15) is 39.0 Å². The minimum atomic E-state index is -2.73. The van der Waals surface area contributed by atoms with Gasteiger partial charge < -0.3 is 14.9 Å². The Morgan fingerprint density at radius 1 is 1.04 bits per heavy atom. The number of aliphatic hydroxyl groups is 1. The van der Waals surface area contributed by atoms with Crippen molar-refractivity contribution in [1.29, 1.82) is 0 Å². The van der Waals surface area contributed by atoms with Gasteiger partial charge in [0.1, 0.15) is 17.5 Å². The van der Waals surface area contributed by atoms with Gasteiger partial charge in [-0.2, -0.15) is 0 Å². The Hall–Kier alpha value is -3.72. The number of carbonyl (C=O) groups is 6. The van der Waals surface area contributed by atoms with Gasteiger partial charge in [-0.25, -0.2) is 4.79 Å². The predicted octanol–water partition coefficient (Wildman–Crippen LogP) is 4.97. The minimum Gasteiger partial charge on any atom is -0.507 e. The van der Waals surface area contributed by atoms with Crippen LogP contribution in [0.25, 0.3) is 0 Å². The number of Topliss-reactive ketones (excluding diaryl/α,β-unsaturated/α-hetero) is 5. The van der Waals surface area contributed by atoms with Gasteiger partial charge in [0.25, 0.3) is 0 Å². The van der Waals surface area contributed by atoms with E-state index >= 15 is 0 Å². The number of rotatable bonds is 8. The highest BCUT2D eigenvalue weighted by Crippen LogP contribution is 2.64. The molecule has 0 radical (unpaired) electrons. The summed E-state index contributed by atoms with van der Waals surface area (Å²) in [6, 6.07) is 1.91. The van der Waals surface area contributed by atoms with Crippen LogP contribution in [0.1, 0.15) is 108 Å². The molecular formula is C38H46O9. The third-order valence-corrected chi connectivity index (χ3v) is 11.3. The maximum Gasteiger partial charge on any atom is 0.337 e. The van der Waals surface area contributed by atoms with Crippen molar-refractivity contribution in [2.45, 2.75) is 99.0 Å². The lowest BCUT2D eigenvalue weighted by Gasteiger charge is -2.62. The molecule has 6 atom stereocenters. The first-order valence-electron chi connectivity index (χ1n) is 16.7. The molecule has 1 aromatic carbocycles. The van der Waals surface area contributed by atoms with E-state index < -0.39 is 69.0 Å². The van der Waals surface area contributed by atoms with E-state index in [1.54, 1.807) is 46.8 Å². The van der Waals surface area contributed by atoms with Gasteiger partial charge in [-0.05, 0) is 86.0 Å². The second-order valence-electron chi connectivity index (χ2n) is 15.2. The largest absolute Gasteiger partial charge is 0.507 e. The minimum absolute atomic E-state index is 0.0209. The first-order chi connectivity index (χ1) is 21.8. The molecule has 0 amide bonds. The molecule has 3 unspecified atom stereocenters. The van der Waals surface area contributed by atoms with Gasteiger partial charge in [-0.3, -0.25) is 24.0 Å². The van der Waals surface area contributed by atoms with Crippen LogP contribution in [0.15, 0.2) is 29.4 Å². The van der Waals surface area contributed by atoms with E-state index in [2.05, 4.69) is 0 Å². The summed E-state index contributed by atoms with van der Waals surface area (Å²) in [5.41, 5.74) is -1.83. The smallest absolute Gasteiger partial charge is 0.337 e. The number of carbonyl (C=O) groups excluding carboxylic acids is 6. The van der Waals surface area contributed by atoms with E-state index in [1.165, 1.54) is 0 Å². The molecule has 47 heavy (non-hydrogen) atoms. The Bertz CT molecular complexity index is 1680. The summed E-state index contributed by atoms with van der Waals surface area (Å²) in [6.45, 7) is 14.0. The van der Waals surface area contributed by atoms with Crippen LogP contribution in [-0.2, 0) is 41.6 Å². The van der Waals surface area contributed by atoms with Crippen LogP contribution in [0.3, 0.4) is 0 Å². The van der Waals surface area contributed by atoms with Crippen molar-refractivity contribution in [3.05, 3.63) is 51.6 Å². The molecule has 9 nitrogen and oxygen atoms in total. The number of benzene rings is 1. The van der Waals surface area contributed by atoms with Crippen LogP contribution in [0.4, 0.5) is 0 Å². The van der Waals surface area contributed by atoms with Crippen molar-refractivity contribution in [2.75, 3.05) is 6.61 Å². The summed E-state index contributed by atoms with van der Waals surface area (Å²) in [5.74, 6) is -9.40. The van der Waals surface area contributed by atoms with Gasteiger partial charge >= 0.3 is 5.97 Å². The second kappa shape index (κ2) is 11.8. The number of aromatic hydroxyl groups is 1. The summed E-state index contributed by atoms with van der Waals surface area (Å²) in [7, 11) is 0. The van der Waals surface area contributed by atoms with Crippen LogP contribution in [-0.4, -0.2) is 57.3 Å².